The van der Waals surface area contributed by atoms with Crippen molar-refractivity contribution in [1.82, 2.24) is 4.98 Å². The van der Waals surface area contributed by atoms with Crippen LogP contribution >= 0.6 is 15.9 Å². The van der Waals surface area contributed by atoms with Gasteiger partial charge >= 0.3 is 0 Å². The van der Waals surface area contributed by atoms with Crippen LogP contribution in [-0.4, -0.2) is 16.0 Å². The van der Waals surface area contributed by atoms with Gasteiger partial charge in [0.05, 0.1) is 0 Å². The van der Waals surface area contributed by atoms with Gasteiger partial charge in [-0.05, 0) is 35.7 Å². The van der Waals surface area contributed by atoms with Gasteiger partial charge in [0.15, 0.2) is 5.84 Å². The normalized spacial score (nSPS) is 11.7. The second kappa shape index (κ2) is 6.58. The van der Waals surface area contributed by atoms with Crippen molar-refractivity contribution in [2.75, 3.05) is 0 Å². The minimum atomic E-state index is 0.0159. The zero-order chi connectivity index (χ0) is 15.4. The number of rotatable bonds is 4. The molecule has 0 radical (unpaired) electrons. The molecule has 0 atom stereocenters. The van der Waals surface area contributed by atoms with Gasteiger partial charge in [-0.25, -0.2) is 4.98 Å². The van der Waals surface area contributed by atoms with Crippen LogP contribution in [0.1, 0.15) is 30.9 Å². The van der Waals surface area contributed by atoms with Crippen molar-refractivity contribution in [2.24, 2.45) is 10.9 Å². The van der Waals surface area contributed by atoms with E-state index in [1.54, 1.807) is 18.3 Å². The van der Waals surface area contributed by atoms with Gasteiger partial charge in [-0.3, -0.25) is 0 Å². The Morgan fingerprint density at radius 3 is 2.76 bits per heavy atom. The minimum Gasteiger partial charge on any atom is -0.439 e. The van der Waals surface area contributed by atoms with E-state index in [1.807, 2.05) is 18.2 Å². The molecule has 0 aliphatic heterocycles. The Balaban J connectivity index is 2.34. The van der Waals surface area contributed by atoms with E-state index in [1.165, 1.54) is 0 Å². The predicted octanol–water partition coefficient (Wildman–Crippen LogP) is 3.85. The van der Waals surface area contributed by atoms with Crippen LogP contribution in [0.4, 0.5) is 0 Å². The van der Waals surface area contributed by atoms with E-state index in [0.29, 0.717) is 17.4 Å². The van der Waals surface area contributed by atoms with Crippen molar-refractivity contribution in [3.8, 4) is 11.6 Å². The molecule has 0 aliphatic rings. The zero-order valence-electron chi connectivity index (χ0n) is 11.7. The number of ether oxygens (including phenoxy) is 1. The number of hydrogen-bond acceptors (Lipinski definition) is 4. The second-order valence-electron chi connectivity index (χ2n) is 4.81. The largest absolute Gasteiger partial charge is 0.439 e. The SMILES string of the molecule is CC(C)c1cc(Br)ccc1Oc1cc(/C(N)=N/O)ccn1. The molecule has 0 unspecified atom stereocenters. The lowest BCUT2D eigenvalue weighted by Gasteiger charge is -2.14. The first-order valence-corrected chi connectivity index (χ1v) is 7.22. The van der Waals surface area contributed by atoms with Crippen molar-refractivity contribution in [3.05, 3.63) is 52.1 Å². The summed E-state index contributed by atoms with van der Waals surface area (Å²) in [5.74, 6) is 1.45. The first-order chi connectivity index (χ1) is 10.0. The number of halogens is 1. The standard InChI is InChI=1S/C15H16BrN3O2/c1-9(2)12-8-11(16)3-4-13(12)21-14-7-10(5-6-18-14)15(17)19-20/h3-9,20H,1-2H3,(H2,17,19). The maximum absolute atomic E-state index is 8.71. The van der Waals surface area contributed by atoms with Crippen molar-refractivity contribution in [2.45, 2.75) is 19.8 Å². The summed E-state index contributed by atoms with van der Waals surface area (Å²) in [6.07, 6.45) is 1.55. The highest BCUT2D eigenvalue weighted by atomic mass is 79.9. The van der Waals surface area contributed by atoms with Crippen LogP contribution in [0.3, 0.4) is 0 Å². The molecule has 1 aromatic heterocycles. The highest BCUT2D eigenvalue weighted by Crippen LogP contribution is 2.32. The third kappa shape index (κ3) is 3.72. The third-order valence-corrected chi connectivity index (χ3v) is 3.44. The molecule has 0 spiro atoms. The average molecular weight is 350 g/mol. The Morgan fingerprint density at radius 1 is 1.33 bits per heavy atom. The molecule has 2 rings (SSSR count). The average Bonchev–Trinajstić information content (AvgIpc) is 2.48. The van der Waals surface area contributed by atoms with E-state index in [4.69, 9.17) is 15.7 Å². The van der Waals surface area contributed by atoms with Crippen LogP contribution in [0.2, 0.25) is 0 Å². The van der Waals surface area contributed by atoms with Crippen molar-refractivity contribution in [3.63, 3.8) is 0 Å². The van der Waals surface area contributed by atoms with E-state index >= 15 is 0 Å². The highest BCUT2D eigenvalue weighted by Gasteiger charge is 2.11. The quantitative estimate of drug-likeness (QED) is 0.380. The van der Waals surface area contributed by atoms with E-state index in [0.717, 1.165) is 15.8 Å². The van der Waals surface area contributed by atoms with Crippen LogP contribution in [0.15, 0.2) is 46.2 Å². The highest BCUT2D eigenvalue weighted by molar-refractivity contribution is 9.10. The first-order valence-electron chi connectivity index (χ1n) is 6.42. The molecule has 0 amide bonds. The summed E-state index contributed by atoms with van der Waals surface area (Å²) in [5, 5.41) is 11.7. The van der Waals surface area contributed by atoms with Gasteiger partial charge in [0.2, 0.25) is 5.88 Å². The fraction of sp³-hybridized carbons (Fsp3) is 0.200. The Kier molecular flexibility index (Phi) is 4.80. The van der Waals surface area contributed by atoms with Gasteiger partial charge in [0.25, 0.3) is 0 Å². The van der Waals surface area contributed by atoms with Gasteiger partial charge in [0.1, 0.15) is 5.75 Å². The molecule has 0 saturated heterocycles. The number of aromatic nitrogens is 1. The predicted molar refractivity (Wildman–Crippen MR) is 85.1 cm³/mol. The first kappa shape index (κ1) is 15.3. The molecule has 0 aliphatic carbocycles. The molecule has 1 aromatic carbocycles. The molecule has 6 heteroatoms. The molecule has 0 saturated carbocycles. The summed E-state index contributed by atoms with van der Waals surface area (Å²) < 4.78 is 6.83. The van der Waals surface area contributed by atoms with Crippen molar-refractivity contribution < 1.29 is 9.94 Å². The maximum atomic E-state index is 8.71. The summed E-state index contributed by atoms with van der Waals surface area (Å²) in [6.45, 7) is 4.18. The zero-order valence-corrected chi connectivity index (χ0v) is 13.3. The number of nitrogens with two attached hydrogens (primary N) is 1. The molecule has 0 fully saturated rings. The molecular formula is C15H16BrN3O2. The fourth-order valence-corrected chi connectivity index (χ4v) is 2.24. The summed E-state index contributed by atoms with van der Waals surface area (Å²) in [5.41, 5.74) is 7.18. The lowest BCUT2D eigenvalue weighted by Crippen LogP contribution is -2.13. The molecule has 0 bridgehead atoms. The van der Waals surface area contributed by atoms with E-state index in [9.17, 15) is 0 Å². The van der Waals surface area contributed by atoms with Crippen LogP contribution in [-0.2, 0) is 0 Å². The number of hydrogen-bond donors (Lipinski definition) is 2. The van der Waals surface area contributed by atoms with Crippen molar-refractivity contribution >= 4 is 21.8 Å². The lowest BCUT2D eigenvalue weighted by molar-refractivity contribution is 0.318. The lowest BCUT2D eigenvalue weighted by atomic mass is 10.0. The molecular weight excluding hydrogens is 334 g/mol. The molecule has 1 heterocycles. The second-order valence-corrected chi connectivity index (χ2v) is 5.72. The van der Waals surface area contributed by atoms with E-state index in [-0.39, 0.29) is 5.84 Å². The molecule has 3 N–H and O–H groups in total. The summed E-state index contributed by atoms with van der Waals surface area (Å²) >= 11 is 3.46. The van der Waals surface area contributed by atoms with Gasteiger partial charge in [0, 0.05) is 22.3 Å². The van der Waals surface area contributed by atoms with Gasteiger partial charge in [-0.2, -0.15) is 0 Å². The van der Waals surface area contributed by atoms with Gasteiger partial charge in [-0.15, -0.1) is 0 Å². The monoisotopic (exact) mass is 349 g/mol. The number of amidine groups is 1. The minimum absolute atomic E-state index is 0.0159. The fourth-order valence-electron chi connectivity index (χ4n) is 1.86. The van der Waals surface area contributed by atoms with E-state index in [2.05, 4.69) is 39.9 Å². The third-order valence-electron chi connectivity index (χ3n) is 2.95. The molecule has 110 valence electrons. The number of benzene rings is 1. The number of pyridine rings is 1. The number of oxime groups is 1. The van der Waals surface area contributed by atoms with Crippen LogP contribution in [0.25, 0.3) is 0 Å². The van der Waals surface area contributed by atoms with Crippen LogP contribution < -0.4 is 10.5 Å². The topological polar surface area (TPSA) is 80.7 Å². The van der Waals surface area contributed by atoms with Crippen LogP contribution in [0.5, 0.6) is 11.6 Å². The Hall–Kier alpha value is -2.08. The summed E-state index contributed by atoms with van der Waals surface area (Å²) in [4.78, 5) is 4.15. The Bertz CT molecular complexity index is 672. The van der Waals surface area contributed by atoms with Crippen LogP contribution in [0, 0.1) is 0 Å². The maximum Gasteiger partial charge on any atom is 0.219 e. The van der Waals surface area contributed by atoms with Crippen molar-refractivity contribution in [1.29, 1.82) is 0 Å². The Morgan fingerprint density at radius 2 is 2.10 bits per heavy atom. The van der Waals surface area contributed by atoms with Gasteiger partial charge in [-0.1, -0.05) is 34.9 Å². The molecule has 5 nitrogen and oxygen atoms in total. The summed E-state index contributed by atoms with van der Waals surface area (Å²) in [6, 6.07) is 9.09. The van der Waals surface area contributed by atoms with E-state index < -0.39 is 0 Å². The smallest absolute Gasteiger partial charge is 0.219 e. The number of nitrogens with zero attached hydrogens (tertiary/aromatic N) is 2. The molecule has 21 heavy (non-hydrogen) atoms. The van der Waals surface area contributed by atoms with Gasteiger partial charge < -0.3 is 15.7 Å². The Labute approximate surface area is 131 Å². The summed E-state index contributed by atoms with van der Waals surface area (Å²) in [7, 11) is 0. The molecule has 2 aromatic rings.